The molecule has 0 saturated heterocycles. The molecule has 0 aliphatic heterocycles. The Bertz CT molecular complexity index is 1520. The molecule has 0 spiro atoms. The molecule has 2 heterocycles. The highest BCUT2D eigenvalue weighted by atomic mass is 16.1. The van der Waals surface area contributed by atoms with Gasteiger partial charge in [0.15, 0.2) is 5.65 Å². The Morgan fingerprint density at radius 3 is 2.39 bits per heavy atom. The predicted octanol–water partition coefficient (Wildman–Crippen LogP) is 4.93. The fraction of sp³-hybridized carbons (Fsp3) is 0.0385. The second kappa shape index (κ2) is 7.43. The SMILES string of the molecule is Cn1c(=O)n(-c2cccc(-c3ccccc3)c2)c2ccc(-c3ccccc3C#N)nc21. The van der Waals surface area contributed by atoms with Gasteiger partial charge in [0.2, 0.25) is 0 Å². The van der Waals surface area contributed by atoms with Gasteiger partial charge in [-0.25, -0.2) is 9.78 Å². The Labute approximate surface area is 179 Å². The van der Waals surface area contributed by atoms with Crippen LogP contribution >= 0.6 is 0 Å². The van der Waals surface area contributed by atoms with E-state index in [2.05, 4.69) is 6.07 Å². The molecule has 0 aliphatic rings. The van der Waals surface area contributed by atoms with E-state index in [1.165, 1.54) is 0 Å². The minimum absolute atomic E-state index is 0.168. The predicted molar refractivity (Wildman–Crippen MR) is 122 cm³/mol. The molecule has 0 aliphatic carbocycles. The van der Waals surface area contributed by atoms with Crippen molar-refractivity contribution in [2.45, 2.75) is 0 Å². The topological polar surface area (TPSA) is 63.6 Å². The quantitative estimate of drug-likeness (QED) is 0.430. The molecule has 5 heteroatoms. The Morgan fingerprint density at radius 2 is 1.58 bits per heavy atom. The molecule has 0 atom stereocenters. The molecule has 0 saturated carbocycles. The molecule has 5 nitrogen and oxygen atoms in total. The minimum atomic E-state index is -0.168. The summed E-state index contributed by atoms with van der Waals surface area (Å²) < 4.78 is 3.22. The third-order valence-electron chi connectivity index (χ3n) is 5.43. The van der Waals surface area contributed by atoms with Crippen molar-refractivity contribution in [1.29, 1.82) is 5.26 Å². The number of benzene rings is 3. The number of pyridine rings is 1. The van der Waals surface area contributed by atoms with Gasteiger partial charge in [0.25, 0.3) is 0 Å². The van der Waals surface area contributed by atoms with E-state index < -0.39 is 0 Å². The van der Waals surface area contributed by atoms with Crippen molar-refractivity contribution in [3.63, 3.8) is 0 Å². The number of hydrogen-bond donors (Lipinski definition) is 0. The number of nitriles is 1. The summed E-state index contributed by atoms with van der Waals surface area (Å²) in [6.07, 6.45) is 0. The van der Waals surface area contributed by atoms with E-state index in [1.807, 2.05) is 84.9 Å². The second-order valence-electron chi connectivity index (χ2n) is 7.29. The molecular weight excluding hydrogens is 384 g/mol. The van der Waals surface area contributed by atoms with Crippen LogP contribution in [-0.4, -0.2) is 14.1 Å². The average molecular weight is 402 g/mol. The Kier molecular flexibility index (Phi) is 4.46. The maximum Gasteiger partial charge on any atom is 0.334 e. The van der Waals surface area contributed by atoms with Crippen LogP contribution in [0.4, 0.5) is 0 Å². The van der Waals surface area contributed by atoms with Gasteiger partial charge in [-0.3, -0.25) is 9.13 Å². The van der Waals surface area contributed by atoms with Crippen molar-refractivity contribution in [3.05, 3.63) is 107 Å². The maximum atomic E-state index is 13.1. The standard InChI is InChI=1S/C26H18N4O/c1-29-25-24(15-14-23(28-25)22-13-6-5-10-20(22)17-27)30(26(29)31)21-12-7-11-19(16-21)18-8-3-2-4-9-18/h2-16H,1H3. The summed E-state index contributed by atoms with van der Waals surface area (Å²) in [6, 6.07) is 31.3. The van der Waals surface area contributed by atoms with Crippen LogP contribution in [-0.2, 0) is 7.05 Å². The van der Waals surface area contributed by atoms with Gasteiger partial charge in [-0.15, -0.1) is 0 Å². The van der Waals surface area contributed by atoms with Crippen molar-refractivity contribution >= 4 is 11.2 Å². The lowest BCUT2D eigenvalue weighted by Gasteiger charge is -2.08. The first-order valence-electron chi connectivity index (χ1n) is 9.91. The lowest BCUT2D eigenvalue weighted by molar-refractivity contribution is 0.839. The number of aryl methyl sites for hydroxylation is 1. The van der Waals surface area contributed by atoms with Crippen LogP contribution in [0, 0.1) is 11.3 Å². The highest BCUT2D eigenvalue weighted by Gasteiger charge is 2.16. The third-order valence-corrected chi connectivity index (χ3v) is 5.43. The van der Waals surface area contributed by atoms with Crippen LogP contribution in [0.5, 0.6) is 0 Å². The fourth-order valence-corrected chi connectivity index (χ4v) is 3.86. The molecule has 5 aromatic rings. The number of imidazole rings is 1. The molecule has 2 aromatic heterocycles. The van der Waals surface area contributed by atoms with Crippen molar-refractivity contribution < 1.29 is 0 Å². The zero-order chi connectivity index (χ0) is 21.4. The van der Waals surface area contributed by atoms with Gasteiger partial charge in [0.1, 0.15) is 0 Å². The molecule has 0 unspecified atom stereocenters. The first kappa shape index (κ1) is 18.6. The average Bonchev–Trinajstić information content (AvgIpc) is 3.09. The molecule has 0 amide bonds. The van der Waals surface area contributed by atoms with Crippen molar-refractivity contribution in [2.75, 3.05) is 0 Å². The van der Waals surface area contributed by atoms with Gasteiger partial charge < -0.3 is 0 Å². The van der Waals surface area contributed by atoms with Crippen LogP contribution in [0.15, 0.2) is 95.8 Å². The van der Waals surface area contributed by atoms with E-state index in [9.17, 15) is 10.1 Å². The van der Waals surface area contributed by atoms with Crippen LogP contribution < -0.4 is 5.69 Å². The number of nitrogens with zero attached hydrogens (tertiary/aromatic N) is 4. The highest BCUT2D eigenvalue weighted by molar-refractivity contribution is 5.80. The molecule has 0 N–H and O–H groups in total. The zero-order valence-electron chi connectivity index (χ0n) is 16.9. The first-order valence-corrected chi connectivity index (χ1v) is 9.91. The van der Waals surface area contributed by atoms with E-state index in [-0.39, 0.29) is 5.69 Å². The number of hydrogen-bond acceptors (Lipinski definition) is 3. The third kappa shape index (κ3) is 3.11. The Morgan fingerprint density at radius 1 is 0.839 bits per heavy atom. The molecule has 31 heavy (non-hydrogen) atoms. The molecule has 148 valence electrons. The molecule has 3 aromatic carbocycles. The second-order valence-corrected chi connectivity index (χ2v) is 7.29. The lowest BCUT2D eigenvalue weighted by atomic mass is 10.0. The van der Waals surface area contributed by atoms with E-state index in [1.54, 1.807) is 22.2 Å². The van der Waals surface area contributed by atoms with E-state index in [0.29, 0.717) is 16.9 Å². The van der Waals surface area contributed by atoms with Gasteiger partial charge in [-0.05, 0) is 41.5 Å². The van der Waals surface area contributed by atoms with Gasteiger partial charge in [0.05, 0.1) is 28.5 Å². The molecule has 5 rings (SSSR count). The van der Waals surface area contributed by atoms with Gasteiger partial charge in [0, 0.05) is 12.6 Å². The number of aromatic nitrogens is 3. The van der Waals surface area contributed by atoms with Crippen LogP contribution in [0.1, 0.15) is 5.56 Å². The van der Waals surface area contributed by atoms with Crippen molar-refractivity contribution in [2.24, 2.45) is 7.05 Å². The Balaban J connectivity index is 1.69. The van der Waals surface area contributed by atoms with Gasteiger partial charge in [-0.1, -0.05) is 60.7 Å². The van der Waals surface area contributed by atoms with Gasteiger partial charge in [-0.2, -0.15) is 5.26 Å². The Hall–Kier alpha value is -4.43. The lowest BCUT2D eigenvalue weighted by Crippen LogP contribution is -2.20. The van der Waals surface area contributed by atoms with Crippen LogP contribution in [0.3, 0.4) is 0 Å². The summed E-state index contributed by atoms with van der Waals surface area (Å²) in [7, 11) is 1.72. The molecular formula is C26H18N4O. The largest absolute Gasteiger partial charge is 0.334 e. The summed E-state index contributed by atoms with van der Waals surface area (Å²) in [6.45, 7) is 0. The summed E-state index contributed by atoms with van der Waals surface area (Å²) in [5.74, 6) is 0. The normalized spacial score (nSPS) is 10.8. The number of fused-ring (bicyclic) bond motifs is 1. The highest BCUT2D eigenvalue weighted by Crippen LogP contribution is 2.26. The van der Waals surface area contributed by atoms with E-state index in [0.717, 1.165) is 27.9 Å². The van der Waals surface area contributed by atoms with E-state index >= 15 is 0 Å². The number of rotatable bonds is 3. The maximum absolute atomic E-state index is 13.1. The summed E-state index contributed by atoms with van der Waals surface area (Å²) in [5.41, 5.74) is 5.99. The van der Waals surface area contributed by atoms with Crippen LogP contribution in [0.2, 0.25) is 0 Å². The summed E-state index contributed by atoms with van der Waals surface area (Å²) >= 11 is 0. The van der Waals surface area contributed by atoms with Crippen molar-refractivity contribution in [3.8, 4) is 34.1 Å². The van der Waals surface area contributed by atoms with Gasteiger partial charge >= 0.3 is 5.69 Å². The van der Waals surface area contributed by atoms with Crippen LogP contribution in [0.25, 0.3) is 39.2 Å². The van der Waals surface area contributed by atoms with E-state index in [4.69, 9.17) is 4.98 Å². The summed E-state index contributed by atoms with van der Waals surface area (Å²) in [5, 5.41) is 9.43. The summed E-state index contributed by atoms with van der Waals surface area (Å²) in [4.78, 5) is 17.9. The molecule has 0 bridgehead atoms. The molecule has 0 radical (unpaired) electrons. The monoisotopic (exact) mass is 402 g/mol. The zero-order valence-corrected chi connectivity index (χ0v) is 16.9. The van der Waals surface area contributed by atoms with Crippen molar-refractivity contribution in [1.82, 2.24) is 14.1 Å². The fourth-order valence-electron chi connectivity index (χ4n) is 3.86. The smallest absolute Gasteiger partial charge is 0.279 e. The molecule has 0 fully saturated rings. The first-order chi connectivity index (χ1) is 15.2. The minimum Gasteiger partial charge on any atom is -0.279 e.